The molecule has 1 aromatic carbocycles. The van der Waals surface area contributed by atoms with E-state index in [4.69, 9.17) is 5.73 Å². The van der Waals surface area contributed by atoms with Gasteiger partial charge in [0.1, 0.15) is 0 Å². The molecule has 108 valence electrons. The van der Waals surface area contributed by atoms with Crippen molar-refractivity contribution >= 4 is 10.0 Å². The van der Waals surface area contributed by atoms with Crippen LogP contribution < -0.4 is 5.73 Å². The second kappa shape index (κ2) is 7.03. The van der Waals surface area contributed by atoms with Gasteiger partial charge in [0.25, 0.3) is 0 Å². The molecular formula is C14H24N2O2S. The summed E-state index contributed by atoms with van der Waals surface area (Å²) in [4.78, 5) is 0. The highest BCUT2D eigenvalue weighted by Crippen LogP contribution is 2.15. The lowest BCUT2D eigenvalue weighted by atomic mass is 10.1. The fourth-order valence-electron chi connectivity index (χ4n) is 1.96. The number of rotatable bonds is 7. The summed E-state index contributed by atoms with van der Waals surface area (Å²) < 4.78 is 26.0. The number of benzene rings is 1. The summed E-state index contributed by atoms with van der Waals surface area (Å²) in [5.41, 5.74) is 7.33. The predicted molar refractivity (Wildman–Crippen MR) is 79.1 cm³/mol. The number of hydrogen-bond donors (Lipinski definition) is 1. The molecule has 0 aliphatic carbocycles. The van der Waals surface area contributed by atoms with E-state index in [0.29, 0.717) is 6.54 Å². The van der Waals surface area contributed by atoms with Gasteiger partial charge in [-0.2, -0.15) is 0 Å². The van der Waals surface area contributed by atoms with E-state index in [9.17, 15) is 8.42 Å². The van der Waals surface area contributed by atoms with Gasteiger partial charge in [-0.3, -0.25) is 0 Å². The van der Waals surface area contributed by atoms with Gasteiger partial charge in [-0.15, -0.1) is 0 Å². The van der Waals surface area contributed by atoms with Crippen molar-refractivity contribution in [3.63, 3.8) is 0 Å². The maximum absolute atomic E-state index is 12.3. The first-order valence-electron chi connectivity index (χ1n) is 6.64. The Morgan fingerprint density at radius 2 is 1.74 bits per heavy atom. The van der Waals surface area contributed by atoms with Crippen LogP contribution >= 0.6 is 0 Å². The second-order valence-corrected chi connectivity index (χ2v) is 6.96. The van der Waals surface area contributed by atoms with Crippen LogP contribution in [0.1, 0.15) is 37.8 Å². The molecule has 0 saturated heterocycles. The Kier molecular flexibility index (Phi) is 5.97. The highest BCUT2D eigenvalue weighted by molar-refractivity contribution is 7.88. The molecule has 0 radical (unpaired) electrons. The SMILES string of the molecule is CCCC(C)N(C)S(=O)(=O)Cc1ccc(CN)cc1. The highest BCUT2D eigenvalue weighted by Gasteiger charge is 2.22. The van der Waals surface area contributed by atoms with Gasteiger partial charge in [0.05, 0.1) is 5.75 Å². The topological polar surface area (TPSA) is 63.4 Å². The fourth-order valence-corrected chi connectivity index (χ4v) is 3.43. The third kappa shape index (κ3) is 4.60. The van der Waals surface area contributed by atoms with E-state index >= 15 is 0 Å². The van der Waals surface area contributed by atoms with Crippen molar-refractivity contribution in [2.24, 2.45) is 5.73 Å². The van der Waals surface area contributed by atoms with E-state index in [1.807, 2.05) is 31.2 Å². The summed E-state index contributed by atoms with van der Waals surface area (Å²) in [6.07, 6.45) is 1.86. The van der Waals surface area contributed by atoms with Gasteiger partial charge in [-0.1, -0.05) is 37.6 Å². The second-order valence-electron chi connectivity index (χ2n) is 4.93. The van der Waals surface area contributed by atoms with Crippen LogP contribution in [0.5, 0.6) is 0 Å². The summed E-state index contributed by atoms with van der Waals surface area (Å²) in [6.45, 7) is 4.47. The Morgan fingerprint density at radius 3 is 2.21 bits per heavy atom. The van der Waals surface area contributed by atoms with Gasteiger partial charge in [0.2, 0.25) is 10.0 Å². The van der Waals surface area contributed by atoms with Crippen LogP contribution in [0.15, 0.2) is 24.3 Å². The number of nitrogens with zero attached hydrogens (tertiary/aromatic N) is 1. The molecule has 1 rings (SSSR count). The zero-order valence-electron chi connectivity index (χ0n) is 12.0. The van der Waals surface area contributed by atoms with Crippen molar-refractivity contribution in [2.45, 2.75) is 45.0 Å². The van der Waals surface area contributed by atoms with Crippen LogP contribution in [0, 0.1) is 0 Å². The normalized spacial score (nSPS) is 13.7. The molecule has 1 unspecified atom stereocenters. The average molecular weight is 284 g/mol. The third-order valence-electron chi connectivity index (χ3n) is 3.37. The maximum Gasteiger partial charge on any atom is 0.218 e. The van der Waals surface area contributed by atoms with Crippen LogP contribution in [0.3, 0.4) is 0 Å². The summed E-state index contributed by atoms with van der Waals surface area (Å²) in [6, 6.07) is 7.45. The van der Waals surface area contributed by atoms with Crippen molar-refractivity contribution in [3.8, 4) is 0 Å². The van der Waals surface area contributed by atoms with Crippen molar-refractivity contribution in [1.82, 2.24) is 4.31 Å². The molecule has 0 aliphatic rings. The van der Waals surface area contributed by atoms with Crippen LogP contribution in [-0.2, 0) is 22.3 Å². The van der Waals surface area contributed by atoms with Crippen LogP contribution in [0.2, 0.25) is 0 Å². The summed E-state index contributed by atoms with van der Waals surface area (Å²) in [5.74, 6) is 0.0441. The zero-order valence-corrected chi connectivity index (χ0v) is 12.8. The molecule has 5 heteroatoms. The van der Waals surface area contributed by atoms with Gasteiger partial charge < -0.3 is 5.73 Å². The standard InChI is InChI=1S/C14H24N2O2S/c1-4-5-12(2)16(3)19(17,18)11-14-8-6-13(10-15)7-9-14/h6-9,12H,4-5,10-11,15H2,1-3H3. The molecule has 0 aromatic heterocycles. The monoisotopic (exact) mass is 284 g/mol. The van der Waals surface area contributed by atoms with Crippen molar-refractivity contribution in [1.29, 1.82) is 0 Å². The first kappa shape index (κ1) is 16.1. The molecule has 0 spiro atoms. The Hall–Kier alpha value is -0.910. The van der Waals surface area contributed by atoms with Crippen LogP contribution in [0.25, 0.3) is 0 Å². The van der Waals surface area contributed by atoms with Crippen molar-refractivity contribution in [3.05, 3.63) is 35.4 Å². The number of nitrogens with two attached hydrogens (primary N) is 1. The van der Waals surface area contributed by atoms with Gasteiger partial charge >= 0.3 is 0 Å². The average Bonchev–Trinajstić information content (AvgIpc) is 2.38. The number of hydrogen-bond acceptors (Lipinski definition) is 3. The third-order valence-corrected chi connectivity index (χ3v) is 5.31. The van der Waals surface area contributed by atoms with E-state index in [1.54, 1.807) is 7.05 Å². The highest BCUT2D eigenvalue weighted by atomic mass is 32.2. The van der Waals surface area contributed by atoms with E-state index in [2.05, 4.69) is 6.92 Å². The molecule has 2 N–H and O–H groups in total. The molecular weight excluding hydrogens is 260 g/mol. The largest absolute Gasteiger partial charge is 0.326 e. The van der Waals surface area contributed by atoms with Gasteiger partial charge in [0, 0.05) is 19.6 Å². The molecule has 0 bridgehead atoms. The molecule has 0 saturated carbocycles. The lowest BCUT2D eigenvalue weighted by molar-refractivity contribution is 0.368. The Bertz CT molecular complexity index is 483. The van der Waals surface area contributed by atoms with Crippen molar-refractivity contribution < 1.29 is 8.42 Å². The van der Waals surface area contributed by atoms with Crippen molar-refractivity contribution in [2.75, 3.05) is 7.05 Å². The molecule has 0 aliphatic heterocycles. The molecule has 0 fully saturated rings. The lowest BCUT2D eigenvalue weighted by Crippen LogP contribution is -2.35. The molecule has 4 nitrogen and oxygen atoms in total. The first-order chi connectivity index (χ1) is 8.90. The molecule has 19 heavy (non-hydrogen) atoms. The summed E-state index contributed by atoms with van der Waals surface area (Å²) >= 11 is 0. The minimum atomic E-state index is -3.25. The molecule has 1 atom stereocenters. The Balaban J connectivity index is 2.77. The summed E-state index contributed by atoms with van der Waals surface area (Å²) in [7, 11) is -1.60. The quantitative estimate of drug-likeness (QED) is 0.834. The smallest absolute Gasteiger partial charge is 0.218 e. The van der Waals surface area contributed by atoms with Gasteiger partial charge in [-0.05, 0) is 24.5 Å². The van der Waals surface area contributed by atoms with Gasteiger partial charge in [0.15, 0.2) is 0 Å². The maximum atomic E-state index is 12.3. The first-order valence-corrected chi connectivity index (χ1v) is 8.25. The van der Waals surface area contributed by atoms with E-state index in [-0.39, 0.29) is 11.8 Å². The van der Waals surface area contributed by atoms with Crippen LogP contribution in [-0.4, -0.2) is 25.8 Å². The molecule has 0 amide bonds. The minimum Gasteiger partial charge on any atom is -0.326 e. The van der Waals surface area contributed by atoms with E-state index < -0.39 is 10.0 Å². The molecule has 0 heterocycles. The Morgan fingerprint density at radius 1 is 1.21 bits per heavy atom. The number of sulfonamides is 1. The van der Waals surface area contributed by atoms with E-state index in [1.165, 1.54) is 4.31 Å². The summed E-state index contributed by atoms with van der Waals surface area (Å²) in [5, 5.41) is 0. The van der Waals surface area contributed by atoms with E-state index in [0.717, 1.165) is 24.0 Å². The molecule has 1 aromatic rings. The zero-order chi connectivity index (χ0) is 14.5. The predicted octanol–water partition coefficient (Wildman–Crippen LogP) is 2.10. The van der Waals surface area contributed by atoms with Gasteiger partial charge in [-0.25, -0.2) is 12.7 Å². The Labute approximate surface area is 116 Å². The lowest BCUT2D eigenvalue weighted by Gasteiger charge is -2.24. The van der Waals surface area contributed by atoms with Crippen LogP contribution in [0.4, 0.5) is 0 Å². The minimum absolute atomic E-state index is 0.0401. The fraction of sp³-hybridized carbons (Fsp3) is 0.571.